The van der Waals surface area contributed by atoms with Crippen LogP contribution in [0.1, 0.15) is 23.0 Å². The largest absolute Gasteiger partial charge is 0.493 e. The van der Waals surface area contributed by atoms with E-state index in [2.05, 4.69) is 4.98 Å². The molecule has 1 aromatic heterocycles. The van der Waals surface area contributed by atoms with Gasteiger partial charge in [0, 0.05) is 11.8 Å². The summed E-state index contributed by atoms with van der Waals surface area (Å²) in [4.78, 5) is 27.5. The van der Waals surface area contributed by atoms with Crippen LogP contribution in [0.4, 0.5) is 0 Å². The number of carbonyl (C=O) groups is 1. The van der Waals surface area contributed by atoms with Crippen molar-refractivity contribution in [3.05, 3.63) is 33.6 Å². The van der Waals surface area contributed by atoms with E-state index < -0.39 is 5.97 Å². The van der Waals surface area contributed by atoms with E-state index in [1.165, 1.54) is 14.2 Å². The Hall–Kier alpha value is -2.50. The third-order valence-corrected chi connectivity index (χ3v) is 3.17. The van der Waals surface area contributed by atoms with Gasteiger partial charge in [-0.25, -0.2) is 4.79 Å². The van der Waals surface area contributed by atoms with Crippen LogP contribution in [0.15, 0.2) is 16.9 Å². The molecule has 0 aliphatic carbocycles. The quantitative estimate of drug-likeness (QED) is 0.872. The van der Waals surface area contributed by atoms with Crippen molar-refractivity contribution in [2.45, 2.75) is 13.8 Å². The zero-order valence-corrected chi connectivity index (χ0v) is 12.4. The molecule has 1 aromatic carbocycles. The second-order valence-electron chi connectivity index (χ2n) is 4.43. The lowest BCUT2D eigenvalue weighted by Crippen LogP contribution is -2.20. The van der Waals surface area contributed by atoms with Crippen molar-refractivity contribution in [3.8, 4) is 11.5 Å². The van der Waals surface area contributed by atoms with Gasteiger partial charge in [0.15, 0.2) is 11.5 Å². The SMILES string of the molecule is CCOC(=O)c1c(C)[nH]c2cc(OC)c(OC)cc2c1=O. The van der Waals surface area contributed by atoms with Gasteiger partial charge in [0.1, 0.15) is 5.56 Å². The highest BCUT2D eigenvalue weighted by atomic mass is 16.5. The number of carbonyl (C=O) groups excluding carboxylic acids is 1. The molecule has 0 aliphatic heterocycles. The number of H-pyrrole nitrogens is 1. The van der Waals surface area contributed by atoms with Gasteiger partial charge in [-0.15, -0.1) is 0 Å². The molecule has 2 rings (SSSR count). The molecule has 0 saturated carbocycles. The van der Waals surface area contributed by atoms with Gasteiger partial charge in [-0.3, -0.25) is 4.79 Å². The van der Waals surface area contributed by atoms with Crippen molar-refractivity contribution in [1.82, 2.24) is 4.98 Å². The average Bonchev–Trinajstić information content (AvgIpc) is 2.46. The van der Waals surface area contributed by atoms with Crippen LogP contribution in [0, 0.1) is 6.92 Å². The molecule has 1 heterocycles. The second-order valence-corrected chi connectivity index (χ2v) is 4.43. The molecule has 0 saturated heterocycles. The van der Waals surface area contributed by atoms with Crippen LogP contribution in [0.5, 0.6) is 11.5 Å². The molecule has 6 nitrogen and oxygen atoms in total. The summed E-state index contributed by atoms with van der Waals surface area (Å²) in [7, 11) is 3.00. The van der Waals surface area contributed by atoms with E-state index in [-0.39, 0.29) is 17.6 Å². The maximum Gasteiger partial charge on any atom is 0.343 e. The summed E-state index contributed by atoms with van der Waals surface area (Å²) in [6, 6.07) is 3.21. The third-order valence-electron chi connectivity index (χ3n) is 3.17. The molecule has 0 atom stereocenters. The van der Waals surface area contributed by atoms with Gasteiger partial charge >= 0.3 is 5.97 Å². The fourth-order valence-corrected chi connectivity index (χ4v) is 2.19. The van der Waals surface area contributed by atoms with Gasteiger partial charge in [0.05, 0.1) is 31.7 Å². The van der Waals surface area contributed by atoms with Crippen LogP contribution >= 0.6 is 0 Å². The molecule has 1 N–H and O–H groups in total. The van der Waals surface area contributed by atoms with Crippen LogP contribution < -0.4 is 14.9 Å². The van der Waals surface area contributed by atoms with E-state index >= 15 is 0 Å². The van der Waals surface area contributed by atoms with E-state index in [1.54, 1.807) is 26.0 Å². The Morgan fingerprint density at radius 3 is 2.38 bits per heavy atom. The fraction of sp³-hybridized carbons (Fsp3) is 0.333. The molecule has 21 heavy (non-hydrogen) atoms. The number of nitrogens with one attached hydrogen (secondary N) is 1. The number of aromatic amines is 1. The van der Waals surface area contributed by atoms with E-state index in [0.29, 0.717) is 28.1 Å². The van der Waals surface area contributed by atoms with E-state index in [1.807, 2.05) is 0 Å². The molecule has 0 bridgehead atoms. The first-order valence-corrected chi connectivity index (χ1v) is 6.49. The number of aromatic nitrogens is 1. The van der Waals surface area contributed by atoms with E-state index in [9.17, 15) is 9.59 Å². The van der Waals surface area contributed by atoms with Crippen LogP contribution in [0.3, 0.4) is 0 Å². The summed E-state index contributed by atoms with van der Waals surface area (Å²) < 4.78 is 15.3. The molecule has 2 aromatic rings. The van der Waals surface area contributed by atoms with Crippen molar-refractivity contribution in [1.29, 1.82) is 0 Å². The van der Waals surface area contributed by atoms with Crippen molar-refractivity contribution in [2.24, 2.45) is 0 Å². The molecular weight excluding hydrogens is 274 g/mol. The van der Waals surface area contributed by atoms with Gasteiger partial charge in [0.25, 0.3) is 0 Å². The van der Waals surface area contributed by atoms with Gasteiger partial charge in [-0.1, -0.05) is 0 Å². The first-order chi connectivity index (χ1) is 10.0. The van der Waals surface area contributed by atoms with Gasteiger partial charge < -0.3 is 19.2 Å². The highest BCUT2D eigenvalue weighted by molar-refractivity contribution is 5.95. The Labute approximate surface area is 121 Å². The summed E-state index contributed by atoms with van der Waals surface area (Å²) in [6.45, 7) is 3.56. The minimum Gasteiger partial charge on any atom is -0.493 e. The predicted molar refractivity (Wildman–Crippen MR) is 78.4 cm³/mol. The summed E-state index contributed by atoms with van der Waals surface area (Å²) in [5.41, 5.74) is 0.651. The minimum atomic E-state index is -0.632. The highest BCUT2D eigenvalue weighted by Gasteiger charge is 2.19. The Kier molecular flexibility index (Phi) is 4.16. The number of pyridine rings is 1. The summed E-state index contributed by atoms with van der Waals surface area (Å²) in [6.07, 6.45) is 0. The predicted octanol–water partition coefficient (Wildman–Crippen LogP) is 2.03. The van der Waals surface area contributed by atoms with Crippen LogP contribution in [0.2, 0.25) is 0 Å². The molecular formula is C15H17NO5. The highest BCUT2D eigenvalue weighted by Crippen LogP contribution is 2.30. The monoisotopic (exact) mass is 291 g/mol. The molecule has 0 aliphatic rings. The lowest BCUT2D eigenvalue weighted by Gasteiger charge is -2.11. The lowest BCUT2D eigenvalue weighted by molar-refractivity contribution is 0.0523. The maximum absolute atomic E-state index is 12.5. The van der Waals surface area contributed by atoms with Gasteiger partial charge in [-0.05, 0) is 19.9 Å². The summed E-state index contributed by atoms with van der Waals surface area (Å²) >= 11 is 0. The minimum absolute atomic E-state index is 0.0107. The number of rotatable bonds is 4. The second kappa shape index (κ2) is 5.87. The van der Waals surface area contributed by atoms with Crippen molar-refractivity contribution in [2.75, 3.05) is 20.8 Å². The normalized spacial score (nSPS) is 10.5. The number of aryl methyl sites for hydroxylation is 1. The average molecular weight is 291 g/mol. The van der Waals surface area contributed by atoms with Crippen molar-refractivity contribution < 1.29 is 19.0 Å². The van der Waals surface area contributed by atoms with Crippen molar-refractivity contribution >= 4 is 16.9 Å². The Bertz CT molecular complexity index is 748. The number of benzene rings is 1. The summed E-state index contributed by atoms with van der Waals surface area (Å²) in [5.74, 6) is 0.297. The zero-order valence-electron chi connectivity index (χ0n) is 12.4. The van der Waals surface area contributed by atoms with Crippen LogP contribution in [-0.4, -0.2) is 31.8 Å². The number of methoxy groups -OCH3 is 2. The molecule has 0 amide bonds. The zero-order chi connectivity index (χ0) is 15.6. The number of fused-ring (bicyclic) bond motifs is 1. The molecule has 0 radical (unpaired) electrons. The first kappa shape index (κ1) is 14.9. The van der Waals surface area contributed by atoms with Gasteiger partial charge in [-0.2, -0.15) is 0 Å². The van der Waals surface area contributed by atoms with Crippen molar-refractivity contribution in [3.63, 3.8) is 0 Å². The maximum atomic E-state index is 12.5. The smallest absolute Gasteiger partial charge is 0.343 e. The molecule has 0 fully saturated rings. The number of esters is 1. The fourth-order valence-electron chi connectivity index (χ4n) is 2.19. The number of hydrogen-bond acceptors (Lipinski definition) is 5. The number of hydrogen-bond donors (Lipinski definition) is 1. The summed E-state index contributed by atoms with van der Waals surface area (Å²) in [5, 5.41) is 0.348. The third kappa shape index (κ3) is 2.56. The number of ether oxygens (including phenoxy) is 3. The molecule has 0 spiro atoms. The Balaban J connectivity index is 2.76. The van der Waals surface area contributed by atoms with E-state index in [4.69, 9.17) is 14.2 Å². The van der Waals surface area contributed by atoms with Crippen LogP contribution in [-0.2, 0) is 4.74 Å². The molecule has 6 heteroatoms. The standard InChI is InChI=1S/C15H17NO5/c1-5-21-15(18)13-8(2)16-10-7-12(20-4)11(19-3)6-9(10)14(13)17/h6-7H,5H2,1-4H3,(H,16,17). The van der Waals surface area contributed by atoms with Crippen LogP contribution in [0.25, 0.3) is 10.9 Å². The lowest BCUT2D eigenvalue weighted by atomic mass is 10.1. The molecule has 0 unspecified atom stereocenters. The Morgan fingerprint density at radius 1 is 1.19 bits per heavy atom. The Morgan fingerprint density at radius 2 is 1.81 bits per heavy atom. The van der Waals surface area contributed by atoms with E-state index in [0.717, 1.165) is 0 Å². The molecule has 112 valence electrons. The first-order valence-electron chi connectivity index (χ1n) is 6.49. The topological polar surface area (TPSA) is 77.6 Å². The van der Waals surface area contributed by atoms with Gasteiger partial charge in [0.2, 0.25) is 5.43 Å².